The summed E-state index contributed by atoms with van der Waals surface area (Å²) >= 11 is 0. The number of aliphatic carboxylic acids is 2. The molecular weight excluding hydrogens is 662 g/mol. The maximum atomic E-state index is 14.3. The van der Waals surface area contributed by atoms with E-state index < -0.39 is 29.9 Å². The van der Waals surface area contributed by atoms with E-state index in [9.17, 15) is 19.5 Å². The van der Waals surface area contributed by atoms with Gasteiger partial charge >= 0.3 is 11.9 Å². The molecule has 4 aromatic rings. The van der Waals surface area contributed by atoms with E-state index in [1.54, 1.807) is 116 Å². The Kier molecular flexibility index (Phi) is 10.2. The number of ether oxygens (including phenoxy) is 2. The van der Waals surface area contributed by atoms with E-state index in [1.165, 1.54) is 40.2 Å². The number of carboxylic acid groups (broad SMARTS) is 2. The Balaban J connectivity index is 0.000000354. The molecule has 4 saturated carbocycles. The fraction of sp³-hybridized carbons (Fsp3) is 0.400. The highest BCUT2D eigenvalue weighted by Crippen LogP contribution is 2.53. The summed E-state index contributed by atoms with van der Waals surface area (Å²) in [5.41, 5.74) is 7.65. The van der Waals surface area contributed by atoms with Crippen LogP contribution in [0.4, 0.5) is 23.1 Å². The molecule has 2 unspecified atom stereocenters. The van der Waals surface area contributed by atoms with E-state index in [-0.39, 0.29) is 36.9 Å². The van der Waals surface area contributed by atoms with Crippen LogP contribution in [-0.4, -0.2) is 51.6 Å². The molecule has 0 amide bonds. The van der Waals surface area contributed by atoms with E-state index in [0.717, 1.165) is 0 Å². The second-order valence-corrected chi connectivity index (χ2v) is 14.3. The lowest BCUT2D eigenvalue weighted by atomic mass is 9.56. The molecule has 12 heteroatoms. The number of carbonyl (C=O) groups is 2. The molecule has 3 aromatic carbocycles. The first-order valence-electron chi connectivity index (χ1n) is 18.0. The van der Waals surface area contributed by atoms with Gasteiger partial charge in [0, 0.05) is 12.1 Å². The Morgan fingerprint density at radius 2 is 1.37 bits per heavy atom. The third-order valence-electron chi connectivity index (χ3n) is 10.8. The Morgan fingerprint density at radius 3 is 1.87 bits per heavy atom. The second kappa shape index (κ2) is 15.1. The Hall–Kier alpha value is -5.36. The summed E-state index contributed by atoms with van der Waals surface area (Å²) in [4.78, 5) is 45.8. The zero-order chi connectivity index (χ0) is 36.4. The van der Waals surface area contributed by atoms with Gasteiger partial charge in [0.15, 0.2) is 11.5 Å². The number of nitrogens with zero attached hydrogens (tertiary/aromatic N) is 4. The van der Waals surface area contributed by atoms with Crippen molar-refractivity contribution in [2.24, 2.45) is 23.7 Å². The quantitative estimate of drug-likeness (QED) is 0.144. The van der Waals surface area contributed by atoms with Gasteiger partial charge in [-0.05, 0) is 111 Å². The lowest BCUT2D eigenvalue weighted by Gasteiger charge is -2.49. The highest BCUT2D eigenvalue weighted by Gasteiger charge is 2.48. The number of rotatable bonds is 11. The third kappa shape index (κ3) is 7.07. The molecule has 4 fully saturated rings. The van der Waals surface area contributed by atoms with Crippen molar-refractivity contribution in [2.45, 2.75) is 63.8 Å². The van der Waals surface area contributed by atoms with Gasteiger partial charge in [-0.1, -0.05) is 48.5 Å². The molecule has 4 bridgehead atoms. The van der Waals surface area contributed by atoms with Crippen molar-refractivity contribution >= 4 is 35.1 Å². The van der Waals surface area contributed by atoms with E-state index in [4.69, 9.17) is 20.3 Å². The lowest BCUT2D eigenvalue weighted by molar-refractivity contribution is -0.150. The molecular formula is C40H45N5O7. The number of carboxylic acids is 2. The standard InChI is InChI=1S/C30H29N5O7.C10H16/c1-41-22-16-14-19(15-17-22)26-33(20-9-4-2-5-10-20)24-25(35(26)28(29(39)40)42-18-8-13-23(36)37)32-30(31)34(27(24)38)21-11-6-3-7-12-21;1-7-2-9-4-8(1)5-10(3-7)6-9/h2-7,9-12,14-17,26,28H,8,13,18H2,1H3,(H2,31,32)(H,36,37)(H,39,40);7-10H,1-6H2. The van der Waals surface area contributed by atoms with Gasteiger partial charge in [-0.15, -0.1) is 0 Å². The number of hydrogen-bond donors (Lipinski definition) is 3. The Bertz CT molecular complexity index is 1880. The number of nitrogen functional groups attached to an aromatic ring is 1. The summed E-state index contributed by atoms with van der Waals surface area (Å²) in [5, 5.41) is 19.4. The first-order valence-corrected chi connectivity index (χ1v) is 18.0. The number of para-hydroxylation sites is 2. The predicted octanol–water partition coefficient (Wildman–Crippen LogP) is 6.60. The number of methoxy groups -OCH3 is 1. The lowest BCUT2D eigenvalue weighted by Crippen LogP contribution is -2.47. The molecule has 0 radical (unpaired) electrons. The van der Waals surface area contributed by atoms with Crippen LogP contribution in [0.1, 0.15) is 63.1 Å². The molecule has 4 N–H and O–H groups in total. The maximum absolute atomic E-state index is 14.3. The van der Waals surface area contributed by atoms with Gasteiger partial charge in [0.2, 0.25) is 12.2 Å². The van der Waals surface area contributed by atoms with Crippen LogP contribution in [0.25, 0.3) is 5.69 Å². The molecule has 12 nitrogen and oxygen atoms in total. The first-order chi connectivity index (χ1) is 25.2. The van der Waals surface area contributed by atoms with Crippen LogP contribution in [0.15, 0.2) is 89.7 Å². The van der Waals surface area contributed by atoms with Gasteiger partial charge in [0.1, 0.15) is 11.9 Å². The van der Waals surface area contributed by atoms with E-state index in [0.29, 0.717) is 22.7 Å². The highest BCUT2D eigenvalue weighted by molar-refractivity contribution is 5.87. The molecule has 9 rings (SSSR count). The minimum absolute atomic E-state index is 0.0139. The molecule has 0 spiro atoms. The summed E-state index contributed by atoms with van der Waals surface area (Å²) in [5.74, 6) is 2.78. The molecule has 4 aliphatic carbocycles. The summed E-state index contributed by atoms with van der Waals surface area (Å²) in [6.45, 7) is -0.160. The third-order valence-corrected chi connectivity index (χ3v) is 10.8. The number of aromatic nitrogens is 2. The predicted molar refractivity (Wildman–Crippen MR) is 197 cm³/mol. The average Bonchev–Trinajstić information content (AvgIpc) is 3.46. The fourth-order valence-corrected chi connectivity index (χ4v) is 8.95. The maximum Gasteiger partial charge on any atom is 0.354 e. The SMILES string of the molecule is C1C2CC3CC1CC(C2)C3.COc1ccc(C2N(c3ccccc3)c3c(nc(N)n(-c4ccccc4)c3=O)N2C(OCCCC(=O)O)C(=O)O)cc1. The number of nitrogens with two attached hydrogens (primary N) is 1. The largest absolute Gasteiger partial charge is 0.497 e. The topological polar surface area (TPSA) is 160 Å². The van der Waals surface area contributed by atoms with Gasteiger partial charge in [-0.3, -0.25) is 14.5 Å². The zero-order valence-electron chi connectivity index (χ0n) is 29.2. The van der Waals surface area contributed by atoms with Crippen LogP contribution in [-0.2, 0) is 14.3 Å². The van der Waals surface area contributed by atoms with Crippen LogP contribution < -0.4 is 25.8 Å². The summed E-state index contributed by atoms with van der Waals surface area (Å²) < 4.78 is 12.4. The average molecular weight is 708 g/mol. The minimum Gasteiger partial charge on any atom is -0.497 e. The normalized spacial score (nSPS) is 23.1. The summed E-state index contributed by atoms with van der Waals surface area (Å²) in [6.07, 6.45) is 6.95. The molecule has 52 heavy (non-hydrogen) atoms. The highest BCUT2D eigenvalue weighted by atomic mass is 16.5. The van der Waals surface area contributed by atoms with Crippen molar-refractivity contribution in [3.05, 3.63) is 101 Å². The van der Waals surface area contributed by atoms with Crippen molar-refractivity contribution in [1.29, 1.82) is 0 Å². The molecule has 2 atom stereocenters. The summed E-state index contributed by atoms with van der Waals surface area (Å²) in [6, 6.07) is 24.8. The zero-order valence-corrected chi connectivity index (χ0v) is 29.2. The van der Waals surface area contributed by atoms with E-state index >= 15 is 0 Å². The number of fused-ring (bicyclic) bond motifs is 1. The smallest absolute Gasteiger partial charge is 0.354 e. The Labute approximate surface area is 302 Å². The van der Waals surface area contributed by atoms with Gasteiger partial charge in [-0.25, -0.2) is 9.36 Å². The molecule has 5 aliphatic rings. The fourth-order valence-electron chi connectivity index (χ4n) is 8.95. The van der Waals surface area contributed by atoms with E-state index in [2.05, 4.69) is 4.98 Å². The van der Waals surface area contributed by atoms with Gasteiger partial charge in [0.25, 0.3) is 5.56 Å². The van der Waals surface area contributed by atoms with Crippen molar-refractivity contribution in [2.75, 3.05) is 29.3 Å². The van der Waals surface area contributed by atoms with E-state index in [1.807, 2.05) is 12.1 Å². The van der Waals surface area contributed by atoms with Crippen LogP contribution in [0.3, 0.4) is 0 Å². The molecule has 1 aliphatic heterocycles. The first kappa shape index (κ1) is 35.1. The second-order valence-electron chi connectivity index (χ2n) is 14.3. The van der Waals surface area contributed by atoms with Crippen molar-refractivity contribution in [3.8, 4) is 11.4 Å². The summed E-state index contributed by atoms with van der Waals surface area (Å²) in [7, 11) is 1.53. The van der Waals surface area contributed by atoms with Crippen LogP contribution in [0.5, 0.6) is 5.75 Å². The molecule has 1 aromatic heterocycles. The molecule has 272 valence electrons. The van der Waals surface area contributed by atoms with Crippen molar-refractivity contribution in [1.82, 2.24) is 9.55 Å². The Morgan fingerprint density at radius 1 is 0.827 bits per heavy atom. The van der Waals surface area contributed by atoms with Crippen LogP contribution in [0.2, 0.25) is 0 Å². The molecule has 0 saturated heterocycles. The van der Waals surface area contributed by atoms with Crippen LogP contribution >= 0.6 is 0 Å². The van der Waals surface area contributed by atoms with Gasteiger partial charge in [-0.2, -0.15) is 4.98 Å². The number of anilines is 4. The number of hydrogen-bond acceptors (Lipinski definition) is 9. The monoisotopic (exact) mass is 707 g/mol. The van der Waals surface area contributed by atoms with Gasteiger partial charge in [0.05, 0.1) is 19.4 Å². The van der Waals surface area contributed by atoms with Crippen molar-refractivity contribution in [3.63, 3.8) is 0 Å². The van der Waals surface area contributed by atoms with Gasteiger partial charge < -0.3 is 30.3 Å². The number of benzene rings is 3. The van der Waals surface area contributed by atoms with Crippen LogP contribution in [0, 0.1) is 23.7 Å². The molecule has 2 heterocycles. The minimum atomic E-state index is -1.64. The van der Waals surface area contributed by atoms with Crippen molar-refractivity contribution < 1.29 is 29.3 Å².